The van der Waals surface area contributed by atoms with Crippen molar-refractivity contribution >= 4 is 27.5 Å². The number of sulfonamides is 1. The number of fused-ring (bicyclic) bond motifs is 1. The van der Waals surface area contributed by atoms with Crippen LogP contribution in [0.1, 0.15) is 34.3 Å². The van der Waals surface area contributed by atoms with Gasteiger partial charge in [-0.05, 0) is 60.4 Å². The monoisotopic (exact) mass is 489 g/mol. The fourth-order valence-electron chi connectivity index (χ4n) is 4.73. The Morgan fingerprint density at radius 1 is 0.800 bits per heavy atom. The number of carbonyl (C=O) groups excluding carboxylic acids is 2. The lowest BCUT2D eigenvalue weighted by Crippen LogP contribution is -2.50. The molecule has 8 heteroatoms. The van der Waals surface area contributed by atoms with Gasteiger partial charge < -0.3 is 10.2 Å². The number of hydrogen-bond donors (Lipinski definition) is 1. The highest BCUT2D eigenvalue weighted by atomic mass is 32.2. The van der Waals surface area contributed by atoms with Gasteiger partial charge in [0, 0.05) is 37.3 Å². The van der Waals surface area contributed by atoms with Crippen LogP contribution in [0.3, 0.4) is 0 Å². The van der Waals surface area contributed by atoms with E-state index in [4.69, 9.17) is 0 Å². The van der Waals surface area contributed by atoms with E-state index in [0.29, 0.717) is 37.3 Å². The van der Waals surface area contributed by atoms with Gasteiger partial charge in [0.2, 0.25) is 15.9 Å². The summed E-state index contributed by atoms with van der Waals surface area (Å²) in [5, 5.41) is 2.89. The van der Waals surface area contributed by atoms with Gasteiger partial charge in [0.25, 0.3) is 5.91 Å². The SMILES string of the molecule is O=C(Nc1ccc(S(=O)(=O)N2CCCC2)cc1)C1Cc2ccccc2CN1C(=O)c1ccccc1. The van der Waals surface area contributed by atoms with Crippen molar-refractivity contribution < 1.29 is 18.0 Å². The van der Waals surface area contributed by atoms with Crippen LogP contribution in [0.25, 0.3) is 0 Å². The topological polar surface area (TPSA) is 86.8 Å². The normalized spacial score (nSPS) is 18.2. The van der Waals surface area contributed by atoms with Crippen molar-refractivity contribution in [2.75, 3.05) is 18.4 Å². The minimum atomic E-state index is -3.52. The molecule has 0 spiro atoms. The summed E-state index contributed by atoms with van der Waals surface area (Å²) in [4.78, 5) is 28.5. The summed E-state index contributed by atoms with van der Waals surface area (Å²) in [6.45, 7) is 1.42. The minimum Gasteiger partial charge on any atom is -0.324 e. The van der Waals surface area contributed by atoms with E-state index in [1.807, 2.05) is 30.3 Å². The Morgan fingerprint density at radius 3 is 2.11 bits per heavy atom. The number of nitrogens with one attached hydrogen (secondary N) is 1. The van der Waals surface area contributed by atoms with Gasteiger partial charge >= 0.3 is 0 Å². The zero-order valence-electron chi connectivity index (χ0n) is 19.3. The lowest BCUT2D eigenvalue weighted by atomic mass is 9.92. The highest BCUT2D eigenvalue weighted by Crippen LogP contribution is 2.27. The summed E-state index contributed by atoms with van der Waals surface area (Å²) in [5.74, 6) is -0.508. The van der Waals surface area contributed by atoms with Crippen molar-refractivity contribution in [2.24, 2.45) is 0 Å². The zero-order valence-corrected chi connectivity index (χ0v) is 20.1. The van der Waals surface area contributed by atoms with Gasteiger partial charge in [0.15, 0.2) is 0 Å². The van der Waals surface area contributed by atoms with Gasteiger partial charge in [0.1, 0.15) is 6.04 Å². The predicted octanol–water partition coefficient (Wildman–Crippen LogP) is 3.68. The first kappa shape index (κ1) is 23.3. The van der Waals surface area contributed by atoms with E-state index in [0.717, 1.165) is 24.0 Å². The summed E-state index contributed by atoms with van der Waals surface area (Å²) < 4.78 is 27.1. The molecule has 2 heterocycles. The molecule has 0 saturated carbocycles. The molecule has 180 valence electrons. The molecule has 0 radical (unpaired) electrons. The van der Waals surface area contributed by atoms with E-state index < -0.39 is 16.1 Å². The van der Waals surface area contributed by atoms with Crippen LogP contribution in [-0.2, 0) is 27.8 Å². The van der Waals surface area contributed by atoms with Crippen LogP contribution in [0.2, 0.25) is 0 Å². The van der Waals surface area contributed by atoms with Crippen molar-refractivity contribution in [3.8, 4) is 0 Å². The molecule has 1 unspecified atom stereocenters. The summed E-state index contributed by atoms with van der Waals surface area (Å²) in [7, 11) is -3.52. The van der Waals surface area contributed by atoms with Gasteiger partial charge in [0.05, 0.1) is 4.90 Å². The molecule has 2 aliphatic rings. The van der Waals surface area contributed by atoms with Gasteiger partial charge in [-0.2, -0.15) is 4.31 Å². The molecule has 1 saturated heterocycles. The number of nitrogens with zero attached hydrogens (tertiary/aromatic N) is 2. The summed E-state index contributed by atoms with van der Waals surface area (Å²) in [6.07, 6.45) is 2.15. The van der Waals surface area contributed by atoms with E-state index in [9.17, 15) is 18.0 Å². The van der Waals surface area contributed by atoms with Crippen LogP contribution in [0.5, 0.6) is 0 Å². The summed E-state index contributed by atoms with van der Waals surface area (Å²) in [5.41, 5.74) is 3.08. The van der Waals surface area contributed by atoms with Gasteiger partial charge in [-0.1, -0.05) is 42.5 Å². The van der Waals surface area contributed by atoms with Crippen LogP contribution >= 0.6 is 0 Å². The fraction of sp³-hybridized carbons (Fsp3) is 0.259. The van der Waals surface area contributed by atoms with E-state index in [-0.39, 0.29) is 16.7 Å². The molecular weight excluding hydrogens is 462 g/mol. The second-order valence-electron chi connectivity index (χ2n) is 8.91. The largest absolute Gasteiger partial charge is 0.324 e. The standard InChI is InChI=1S/C27H27N3O4S/c31-26(28-23-12-14-24(15-13-23)35(33,34)29-16-6-7-17-29)25-18-21-10-4-5-11-22(21)19-30(25)27(32)20-8-2-1-3-9-20/h1-5,8-15,25H,6-7,16-19H2,(H,28,31). The Morgan fingerprint density at radius 2 is 1.43 bits per heavy atom. The Hall–Kier alpha value is -3.49. The summed E-state index contributed by atoms with van der Waals surface area (Å²) in [6, 6.07) is 22.3. The van der Waals surface area contributed by atoms with E-state index in [1.54, 1.807) is 41.3 Å². The lowest BCUT2D eigenvalue weighted by Gasteiger charge is -2.36. The zero-order chi connectivity index (χ0) is 24.4. The quantitative estimate of drug-likeness (QED) is 0.592. The summed E-state index contributed by atoms with van der Waals surface area (Å²) >= 11 is 0. The molecule has 1 atom stereocenters. The molecular formula is C27H27N3O4S. The molecule has 0 bridgehead atoms. The third-order valence-electron chi connectivity index (χ3n) is 6.66. The molecule has 35 heavy (non-hydrogen) atoms. The number of benzene rings is 3. The van der Waals surface area contributed by atoms with Crippen molar-refractivity contribution in [3.05, 3.63) is 95.6 Å². The number of rotatable bonds is 5. The van der Waals surface area contributed by atoms with Gasteiger partial charge in [-0.3, -0.25) is 9.59 Å². The first-order chi connectivity index (χ1) is 16.9. The van der Waals surface area contributed by atoms with Crippen molar-refractivity contribution in [1.29, 1.82) is 0 Å². The second kappa shape index (κ2) is 9.64. The van der Waals surface area contributed by atoms with Crippen molar-refractivity contribution in [3.63, 3.8) is 0 Å². The van der Waals surface area contributed by atoms with E-state index in [2.05, 4.69) is 5.32 Å². The molecule has 3 aromatic carbocycles. The molecule has 0 aromatic heterocycles. The Kier molecular flexibility index (Phi) is 6.40. The van der Waals surface area contributed by atoms with Gasteiger partial charge in [-0.15, -0.1) is 0 Å². The maximum atomic E-state index is 13.4. The molecule has 1 N–H and O–H groups in total. The van der Waals surface area contributed by atoms with Gasteiger partial charge in [-0.25, -0.2) is 8.42 Å². The molecule has 2 aliphatic heterocycles. The van der Waals surface area contributed by atoms with Crippen LogP contribution in [-0.4, -0.2) is 48.6 Å². The first-order valence-corrected chi connectivity index (χ1v) is 13.2. The Labute approximate surface area is 205 Å². The third kappa shape index (κ3) is 4.72. The smallest absolute Gasteiger partial charge is 0.254 e. The fourth-order valence-corrected chi connectivity index (χ4v) is 6.25. The number of amides is 2. The number of hydrogen-bond acceptors (Lipinski definition) is 4. The van der Waals surface area contributed by atoms with Crippen molar-refractivity contribution in [1.82, 2.24) is 9.21 Å². The minimum absolute atomic E-state index is 0.202. The maximum absolute atomic E-state index is 13.4. The lowest BCUT2D eigenvalue weighted by molar-refractivity contribution is -0.121. The number of anilines is 1. The van der Waals surface area contributed by atoms with Crippen LogP contribution < -0.4 is 5.32 Å². The first-order valence-electron chi connectivity index (χ1n) is 11.8. The highest BCUT2D eigenvalue weighted by molar-refractivity contribution is 7.89. The average molecular weight is 490 g/mol. The molecule has 0 aliphatic carbocycles. The number of carbonyl (C=O) groups is 2. The molecule has 7 nitrogen and oxygen atoms in total. The maximum Gasteiger partial charge on any atom is 0.254 e. The van der Waals surface area contributed by atoms with E-state index in [1.165, 1.54) is 16.4 Å². The molecule has 5 rings (SSSR count). The molecule has 3 aromatic rings. The molecule has 1 fully saturated rings. The van der Waals surface area contributed by atoms with Crippen LogP contribution in [0.15, 0.2) is 83.8 Å². The predicted molar refractivity (Wildman–Crippen MR) is 133 cm³/mol. The average Bonchev–Trinajstić information content (AvgIpc) is 3.44. The van der Waals surface area contributed by atoms with Crippen LogP contribution in [0.4, 0.5) is 5.69 Å². The van der Waals surface area contributed by atoms with E-state index >= 15 is 0 Å². The second-order valence-corrected chi connectivity index (χ2v) is 10.9. The Bertz CT molecular complexity index is 1330. The molecule has 2 amide bonds. The van der Waals surface area contributed by atoms with Crippen molar-refractivity contribution in [2.45, 2.75) is 36.7 Å². The van der Waals surface area contributed by atoms with Crippen LogP contribution in [0, 0.1) is 0 Å². The Balaban J connectivity index is 1.37. The highest BCUT2D eigenvalue weighted by Gasteiger charge is 2.35. The third-order valence-corrected chi connectivity index (χ3v) is 8.57.